The van der Waals surface area contributed by atoms with Crippen LogP contribution in [0.4, 0.5) is 0 Å². The van der Waals surface area contributed by atoms with E-state index in [1.807, 2.05) is 36.4 Å². The van der Waals surface area contributed by atoms with Crippen LogP contribution in [0.2, 0.25) is 0 Å². The average molecular weight is 381 g/mol. The number of ether oxygens (including phenoxy) is 1. The van der Waals surface area contributed by atoms with Crippen molar-refractivity contribution in [3.8, 4) is 11.8 Å². The first kappa shape index (κ1) is 21.4. The van der Waals surface area contributed by atoms with Gasteiger partial charge in [-0.2, -0.15) is 0 Å². The fraction of sp³-hybridized carbons (Fsp3) is 0.435. The summed E-state index contributed by atoms with van der Waals surface area (Å²) in [7, 11) is 1.37. The summed E-state index contributed by atoms with van der Waals surface area (Å²) in [6.45, 7) is 0.346. The van der Waals surface area contributed by atoms with E-state index in [0.717, 1.165) is 18.4 Å². The van der Waals surface area contributed by atoms with Crippen molar-refractivity contribution in [2.45, 2.75) is 51.0 Å². The van der Waals surface area contributed by atoms with E-state index in [-0.39, 0.29) is 23.7 Å². The number of esters is 1. The molecule has 0 unspecified atom stereocenters. The van der Waals surface area contributed by atoms with E-state index in [9.17, 15) is 14.4 Å². The molecule has 0 radical (unpaired) electrons. The zero-order valence-electron chi connectivity index (χ0n) is 16.4. The van der Waals surface area contributed by atoms with Crippen LogP contribution in [0.15, 0.2) is 42.5 Å². The SMILES string of the molecule is COC(=O)CCCC#CCN1C(=O)CCC[C@@H]1C=CC(=O)Cc1ccccc1. The molecular weight excluding hydrogens is 354 g/mol. The highest BCUT2D eigenvalue weighted by molar-refractivity contribution is 5.91. The van der Waals surface area contributed by atoms with E-state index in [4.69, 9.17) is 0 Å². The topological polar surface area (TPSA) is 63.7 Å². The second kappa shape index (κ2) is 11.8. The van der Waals surface area contributed by atoms with Crippen molar-refractivity contribution in [3.05, 3.63) is 48.0 Å². The lowest BCUT2D eigenvalue weighted by Gasteiger charge is -2.32. The van der Waals surface area contributed by atoms with E-state index in [2.05, 4.69) is 16.6 Å². The summed E-state index contributed by atoms with van der Waals surface area (Å²) < 4.78 is 4.59. The van der Waals surface area contributed by atoms with Crippen LogP contribution < -0.4 is 0 Å². The van der Waals surface area contributed by atoms with Gasteiger partial charge in [0, 0.05) is 25.7 Å². The second-order valence-electron chi connectivity index (χ2n) is 6.75. The zero-order chi connectivity index (χ0) is 20.2. The van der Waals surface area contributed by atoms with E-state index >= 15 is 0 Å². The Balaban J connectivity index is 1.86. The summed E-state index contributed by atoms with van der Waals surface area (Å²) in [6, 6.07) is 9.52. The standard InChI is InChI=1S/C23H27NO4/c1-28-23(27)14-7-2-3-8-17-24-20(12-9-13-22(24)26)15-16-21(25)18-19-10-5-4-6-11-19/h4-6,10-11,15-16,20H,2,7,9,12-14,17-18H2,1H3/t20-/m1/s1. The van der Waals surface area contributed by atoms with Gasteiger partial charge in [0.05, 0.1) is 19.7 Å². The Kier molecular flexibility index (Phi) is 9.00. The number of methoxy groups -OCH3 is 1. The van der Waals surface area contributed by atoms with Gasteiger partial charge in [-0.15, -0.1) is 5.92 Å². The van der Waals surface area contributed by atoms with E-state index < -0.39 is 0 Å². The van der Waals surface area contributed by atoms with Crippen molar-refractivity contribution in [1.82, 2.24) is 4.90 Å². The molecule has 2 rings (SSSR count). The molecule has 1 fully saturated rings. The number of hydrogen-bond acceptors (Lipinski definition) is 4. The predicted molar refractivity (Wildman–Crippen MR) is 107 cm³/mol. The van der Waals surface area contributed by atoms with Crippen LogP contribution >= 0.6 is 0 Å². The van der Waals surface area contributed by atoms with Crippen LogP contribution in [0.1, 0.15) is 44.1 Å². The Morgan fingerprint density at radius 3 is 2.79 bits per heavy atom. The molecule has 1 amide bonds. The Hall–Kier alpha value is -2.87. The third-order valence-corrected chi connectivity index (χ3v) is 4.62. The van der Waals surface area contributed by atoms with Gasteiger partial charge in [0.15, 0.2) is 5.78 Å². The first-order valence-corrected chi connectivity index (χ1v) is 9.67. The van der Waals surface area contributed by atoms with Crippen LogP contribution in [0.3, 0.4) is 0 Å². The van der Waals surface area contributed by atoms with Crippen molar-refractivity contribution < 1.29 is 19.1 Å². The number of likely N-dealkylation sites (tertiary alicyclic amines) is 1. The third-order valence-electron chi connectivity index (χ3n) is 4.62. The third kappa shape index (κ3) is 7.40. The quantitative estimate of drug-likeness (QED) is 0.300. The molecule has 28 heavy (non-hydrogen) atoms. The number of unbranched alkanes of at least 4 members (excludes halogenated alkanes) is 1. The molecule has 1 aromatic rings. The number of carbonyl (C=O) groups excluding carboxylic acids is 3. The molecule has 1 aliphatic rings. The van der Waals surface area contributed by atoms with Crippen molar-refractivity contribution in [2.75, 3.05) is 13.7 Å². The van der Waals surface area contributed by atoms with Gasteiger partial charge in [0.25, 0.3) is 0 Å². The number of allylic oxidation sites excluding steroid dienone is 1. The molecule has 1 saturated heterocycles. The minimum absolute atomic E-state index is 0.0260. The van der Waals surface area contributed by atoms with E-state index in [1.54, 1.807) is 11.0 Å². The van der Waals surface area contributed by atoms with E-state index in [0.29, 0.717) is 38.6 Å². The number of piperidine rings is 1. The van der Waals surface area contributed by atoms with Gasteiger partial charge in [-0.3, -0.25) is 14.4 Å². The van der Waals surface area contributed by atoms with Crippen LogP contribution in [0.25, 0.3) is 0 Å². The predicted octanol–water partition coefficient (Wildman–Crippen LogP) is 3.08. The zero-order valence-corrected chi connectivity index (χ0v) is 16.4. The van der Waals surface area contributed by atoms with Gasteiger partial charge in [-0.05, 0) is 30.9 Å². The summed E-state index contributed by atoms with van der Waals surface area (Å²) in [5.74, 6) is 5.89. The Morgan fingerprint density at radius 2 is 2.04 bits per heavy atom. The van der Waals surface area contributed by atoms with Crippen molar-refractivity contribution >= 4 is 17.7 Å². The van der Waals surface area contributed by atoms with Crippen LogP contribution in [0.5, 0.6) is 0 Å². The molecular formula is C23H27NO4. The summed E-state index contributed by atoms with van der Waals surface area (Å²) in [5, 5.41) is 0. The van der Waals surface area contributed by atoms with Gasteiger partial charge in [-0.25, -0.2) is 0 Å². The summed E-state index contributed by atoms with van der Waals surface area (Å²) in [4.78, 5) is 37.3. The molecule has 0 spiro atoms. The highest BCUT2D eigenvalue weighted by atomic mass is 16.5. The van der Waals surface area contributed by atoms with Crippen molar-refractivity contribution in [3.63, 3.8) is 0 Å². The van der Waals surface area contributed by atoms with Crippen LogP contribution in [-0.4, -0.2) is 42.3 Å². The molecule has 148 valence electrons. The molecule has 1 heterocycles. The normalized spacial score (nSPS) is 16.5. The highest BCUT2D eigenvalue weighted by Gasteiger charge is 2.25. The number of nitrogens with zero attached hydrogens (tertiary/aromatic N) is 1. The summed E-state index contributed by atoms with van der Waals surface area (Å²) in [5.41, 5.74) is 0.978. The Morgan fingerprint density at radius 1 is 1.25 bits per heavy atom. The molecule has 0 N–H and O–H groups in total. The molecule has 5 heteroatoms. The largest absolute Gasteiger partial charge is 0.469 e. The maximum atomic E-state index is 12.3. The fourth-order valence-electron chi connectivity index (χ4n) is 3.08. The number of benzene rings is 1. The molecule has 0 saturated carbocycles. The van der Waals surface area contributed by atoms with Crippen molar-refractivity contribution in [1.29, 1.82) is 0 Å². The molecule has 0 bridgehead atoms. The van der Waals surface area contributed by atoms with Gasteiger partial charge >= 0.3 is 5.97 Å². The lowest BCUT2D eigenvalue weighted by molar-refractivity contribution is -0.140. The number of carbonyl (C=O) groups is 3. The summed E-state index contributed by atoms with van der Waals surface area (Å²) >= 11 is 0. The highest BCUT2D eigenvalue weighted by Crippen LogP contribution is 2.19. The number of rotatable bonds is 8. The van der Waals surface area contributed by atoms with Crippen LogP contribution in [0, 0.1) is 11.8 Å². The molecule has 1 aromatic carbocycles. The fourth-order valence-corrected chi connectivity index (χ4v) is 3.08. The van der Waals surface area contributed by atoms with Crippen molar-refractivity contribution in [2.24, 2.45) is 0 Å². The molecule has 1 aliphatic heterocycles. The number of amides is 1. The first-order chi connectivity index (χ1) is 13.6. The maximum absolute atomic E-state index is 12.3. The second-order valence-corrected chi connectivity index (χ2v) is 6.75. The monoisotopic (exact) mass is 381 g/mol. The van der Waals surface area contributed by atoms with E-state index in [1.165, 1.54) is 7.11 Å². The molecule has 1 atom stereocenters. The van der Waals surface area contributed by atoms with Gasteiger partial charge in [-0.1, -0.05) is 42.3 Å². The maximum Gasteiger partial charge on any atom is 0.305 e. The average Bonchev–Trinajstić information content (AvgIpc) is 2.70. The lowest BCUT2D eigenvalue weighted by Crippen LogP contribution is -2.42. The molecule has 0 aromatic heterocycles. The minimum Gasteiger partial charge on any atom is -0.469 e. The van der Waals surface area contributed by atoms with Gasteiger partial charge in [0.2, 0.25) is 5.91 Å². The first-order valence-electron chi connectivity index (χ1n) is 9.67. The molecule has 0 aliphatic carbocycles. The number of hydrogen-bond donors (Lipinski definition) is 0. The Bertz CT molecular complexity index is 758. The van der Waals surface area contributed by atoms with Gasteiger partial charge in [0.1, 0.15) is 0 Å². The lowest BCUT2D eigenvalue weighted by atomic mass is 10.00. The molecule has 5 nitrogen and oxygen atoms in total. The van der Waals surface area contributed by atoms with Crippen LogP contribution in [-0.2, 0) is 25.5 Å². The van der Waals surface area contributed by atoms with Gasteiger partial charge < -0.3 is 9.64 Å². The smallest absolute Gasteiger partial charge is 0.305 e. The Labute approximate surface area is 166 Å². The minimum atomic E-state index is -0.238. The number of ketones is 1. The summed E-state index contributed by atoms with van der Waals surface area (Å²) in [6.07, 6.45) is 7.55.